The van der Waals surface area contributed by atoms with Gasteiger partial charge in [0.2, 0.25) is 0 Å². The fraction of sp³-hybridized carbons (Fsp3) is 0.294. The Hall–Kier alpha value is -2.36. The summed E-state index contributed by atoms with van der Waals surface area (Å²) in [6, 6.07) is 7.65. The van der Waals surface area contributed by atoms with Crippen LogP contribution in [0.3, 0.4) is 0 Å². The maximum absolute atomic E-state index is 12.3. The number of para-hydroxylation sites is 1. The number of Topliss-reactive ketones (excluding diaryl/α,β-unsaturated/α-hetero) is 1. The Morgan fingerprint density at radius 1 is 1.24 bits per heavy atom. The van der Waals surface area contributed by atoms with Crippen molar-refractivity contribution in [2.24, 2.45) is 0 Å². The first-order chi connectivity index (χ1) is 10.1. The molecule has 2 aliphatic rings. The van der Waals surface area contributed by atoms with E-state index in [1.807, 2.05) is 31.2 Å². The quantitative estimate of drug-likeness (QED) is 0.877. The Balaban J connectivity index is 1.74. The second-order valence-corrected chi connectivity index (χ2v) is 5.49. The van der Waals surface area contributed by atoms with Crippen LogP contribution in [0, 0.1) is 6.92 Å². The van der Waals surface area contributed by atoms with Crippen LogP contribution < -0.4 is 10.6 Å². The van der Waals surface area contributed by atoms with Crippen molar-refractivity contribution >= 4 is 17.4 Å². The van der Waals surface area contributed by atoms with Gasteiger partial charge in [-0.2, -0.15) is 0 Å². The molecule has 0 atom stereocenters. The summed E-state index contributed by atoms with van der Waals surface area (Å²) in [5.41, 5.74) is 4.19. The third-order valence-corrected chi connectivity index (χ3v) is 4.00. The van der Waals surface area contributed by atoms with Gasteiger partial charge in [0.15, 0.2) is 5.78 Å². The second-order valence-electron chi connectivity index (χ2n) is 5.49. The molecule has 2 N–H and O–H groups in total. The van der Waals surface area contributed by atoms with Crippen molar-refractivity contribution in [3.05, 3.63) is 52.9 Å². The number of rotatable bonds is 2. The fourth-order valence-corrected chi connectivity index (χ4v) is 2.74. The molecule has 0 saturated carbocycles. The largest absolute Gasteiger partial charge is 0.364 e. The summed E-state index contributed by atoms with van der Waals surface area (Å²) in [5.74, 6) is 0.0137. The van der Waals surface area contributed by atoms with Crippen LogP contribution in [0.5, 0.6) is 0 Å². The number of aryl methyl sites for hydroxylation is 1. The van der Waals surface area contributed by atoms with Crippen molar-refractivity contribution in [3.63, 3.8) is 0 Å². The zero-order chi connectivity index (χ0) is 14.8. The second kappa shape index (κ2) is 5.56. The van der Waals surface area contributed by atoms with E-state index in [4.69, 9.17) is 0 Å². The number of dihydropyridines is 1. The van der Waals surface area contributed by atoms with E-state index in [1.165, 1.54) is 0 Å². The lowest BCUT2D eigenvalue weighted by atomic mass is 9.88. The van der Waals surface area contributed by atoms with Crippen LogP contribution in [-0.4, -0.2) is 11.7 Å². The van der Waals surface area contributed by atoms with E-state index < -0.39 is 0 Å². The molecule has 1 heterocycles. The summed E-state index contributed by atoms with van der Waals surface area (Å²) in [6.45, 7) is 1.95. The first-order valence-corrected chi connectivity index (χ1v) is 7.23. The lowest BCUT2D eigenvalue weighted by molar-refractivity contribution is -0.116. The summed E-state index contributed by atoms with van der Waals surface area (Å²) in [6.07, 6.45) is 4.53. The molecule has 21 heavy (non-hydrogen) atoms. The molecule has 4 heteroatoms. The molecule has 0 bridgehead atoms. The van der Waals surface area contributed by atoms with E-state index in [9.17, 15) is 9.59 Å². The molecule has 1 aliphatic heterocycles. The third kappa shape index (κ3) is 2.75. The zero-order valence-corrected chi connectivity index (χ0v) is 12.0. The summed E-state index contributed by atoms with van der Waals surface area (Å²) in [5, 5.41) is 6.03. The monoisotopic (exact) mass is 282 g/mol. The van der Waals surface area contributed by atoms with E-state index in [1.54, 1.807) is 6.20 Å². The van der Waals surface area contributed by atoms with Crippen molar-refractivity contribution in [1.29, 1.82) is 0 Å². The van der Waals surface area contributed by atoms with Crippen molar-refractivity contribution < 1.29 is 9.59 Å². The Morgan fingerprint density at radius 2 is 2.05 bits per heavy atom. The Morgan fingerprint density at radius 3 is 2.86 bits per heavy atom. The Bertz CT molecular complexity index is 671. The van der Waals surface area contributed by atoms with Crippen LogP contribution in [0.2, 0.25) is 0 Å². The normalized spacial score (nSPS) is 17.8. The van der Waals surface area contributed by atoms with Crippen LogP contribution in [-0.2, 0) is 9.59 Å². The highest BCUT2D eigenvalue weighted by Crippen LogP contribution is 2.29. The smallest absolute Gasteiger partial charge is 0.253 e. The topological polar surface area (TPSA) is 58.2 Å². The minimum Gasteiger partial charge on any atom is -0.364 e. The minimum absolute atomic E-state index is 0.151. The molecule has 108 valence electrons. The first kappa shape index (κ1) is 13.6. The Labute approximate surface area is 123 Å². The van der Waals surface area contributed by atoms with E-state index in [0.717, 1.165) is 35.4 Å². The number of amides is 1. The molecule has 1 aromatic carbocycles. The molecular weight excluding hydrogens is 264 g/mol. The first-order valence-electron chi connectivity index (χ1n) is 7.23. The van der Waals surface area contributed by atoms with Gasteiger partial charge in [-0.1, -0.05) is 18.2 Å². The summed E-state index contributed by atoms with van der Waals surface area (Å²) in [4.78, 5) is 24.3. The van der Waals surface area contributed by atoms with Gasteiger partial charge in [-0.25, -0.2) is 0 Å². The van der Waals surface area contributed by atoms with Gasteiger partial charge in [0.25, 0.3) is 5.91 Å². The molecule has 0 aromatic heterocycles. The summed E-state index contributed by atoms with van der Waals surface area (Å²) in [7, 11) is 0. The molecule has 1 aromatic rings. The van der Waals surface area contributed by atoms with E-state index in [2.05, 4.69) is 10.6 Å². The van der Waals surface area contributed by atoms with Crippen LogP contribution in [0.4, 0.5) is 5.69 Å². The van der Waals surface area contributed by atoms with Gasteiger partial charge in [0.05, 0.1) is 0 Å². The molecule has 3 rings (SSSR count). The van der Waals surface area contributed by atoms with Gasteiger partial charge >= 0.3 is 0 Å². The van der Waals surface area contributed by atoms with Gasteiger partial charge in [0, 0.05) is 41.6 Å². The zero-order valence-electron chi connectivity index (χ0n) is 12.0. The number of carbonyl (C=O) groups is 2. The van der Waals surface area contributed by atoms with Crippen LogP contribution in [0.15, 0.2) is 47.3 Å². The highest BCUT2D eigenvalue weighted by molar-refractivity contribution is 6.07. The van der Waals surface area contributed by atoms with Crippen LogP contribution in [0.1, 0.15) is 31.2 Å². The molecule has 0 radical (unpaired) electrons. The summed E-state index contributed by atoms with van der Waals surface area (Å²) < 4.78 is 0. The third-order valence-electron chi connectivity index (χ3n) is 4.00. The number of hydrogen-bond donors (Lipinski definition) is 2. The SMILES string of the molecule is Cc1ccccc1NC(=O)C1=CNC2=C(C1)C(=O)CCC2. The molecule has 0 unspecified atom stereocenters. The highest BCUT2D eigenvalue weighted by atomic mass is 16.1. The van der Waals surface area contributed by atoms with Crippen molar-refractivity contribution in [2.45, 2.75) is 32.6 Å². The van der Waals surface area contributed by atoms with Gasteiger partial charge in [0.1, 0.15) is 0 Å². The van der Waals surface area contributed by atoms with Crippen LogP contribution in [0.25, 0.3) is 0 Å². The minimum atomic E-state index is -0.151. The van der Waals surface area contributed by atoms with Gasteiger partial charge < -0.3 is 10.6 Å². The number of nitrogens with one attached hydrogen (secondary N) is 2. The molecular formula is C17H18N2O2. The van der Waals surface area contributed by atoms with Gasteiger partial charge in [-0.3, -0.25) is 9.59 Å². The average Bonchev–Trinajstić information content (AvgIpc) is 2.50. The number of allylic oxidation sites excluding steroid dienone is 2. The fourth-order valence-electron chi connectivity index (χ4n) is 2.74. The van der Waals surface area contributed by atoms with Crippen molar-refractivity contribution in [1.82, 2.24) is 5.32 Å². The van der Waals surface area contributed by atoms with Gasteiger partial charge in [-0.05, 0) is 31.4 Å². The molecule has 1 aliphatic carbocycles. The maximum atomic E-state index is 12.3. The predicted octanol–water partition coefficient (Wildman–Crippen LogP) is 2.82. The molecule has 1 amide bonds. The molecule has 0 fully saturated rings. The summed E-state index contributed by atoms with van der Waals surface area (Å²) >= 11 is 0. The number of carbonyl (C=O) groups excluding carboxylic acids is 2. The molecule has 0 spiro atoms. The number of anilines is 1. The molecule has 4 nitrogen and oxygen atoms in total. The number of benzene rings is 1. The van der Waals surface area contributed by atoms with E-state index in [-0.39, 0.29) is 11.7 Å². The average molecular weight is 282 g/mol. The van der Waals surface area contributed by atoms with Crippen molar-refractivity contribution in [3.8, 4) is 0 Å². The molecule has 0 saturated heterocycles. The lowest BCUT2D eigenvalue weighted by Crippen LogP contribution is -2.27. The standard InChI is InChI=1S/C17H18N2O2/c1-11-5-2-3-6-14(11)19-17(21)12-9-13-15(18-10-12)7-4-8-16(13)20/h2-3,5-6,10,18H,4,7-9H2,1H3,(H,19,21). The van der Waals surface area contributed by atoms with Gasteiger partial charge in [-0.15, -0.1) is 0 Å². The predicted molar refractivity (Wildman–Crippen MR) is 81.5 cm³/mol. The number of ketones is 1. The highest BCUT2D eigenvalue weighted by Gasteiger charge is 2.26. The lowest BCUT2D eigenvalue weighted by Gasteiger charge is -2.24. The van der Waals surface area contributed by atoms with E-state index >= 15 is 0 Å². The number of hydrogen-bond acceptors (Lipinski definition) is 3. The Kier molecular flexibility index (Phi) is 3.60. The van der Waals surface area contributed by atoms with E-state index in [0.29, 0.717) is 18.4 Å². The maximum Gasteiger partial charge on any atom is 0.253 e. The van der Waals surface area contributed by atoms with Crippen LogP contribution >= 0.6 is 0 Å². The van der Waals surface area contributed by atoms with Crippen molar-refractivity contribution in [2.75, 3.05) is 5.32 Å².